The number of anilines is 1. The molecule has 1 fully saturated rings. The van der Waals surface area contributed by atoms with Gasteiger partial charge < -0.3 is 5.32 Å². The molecule has 1 atom stereocenters. The Bertz CT molecular complexity index is 872. The van der Waals surface area contributed by atoms with E-state index in [0.717, 1.165) is 4.47 Å². The van der Waals surface area contributed by atoms with Crippen molar-refractivity contribution in [1.82, 2.24) is 4.31 Å². The second-order valence-corrected chi connectivity index (χ2v) is 10.2. The number of rotatable bonds is 4. The second kappa shape index (κ2) is 7.75. The third-order valence-electron chi connectivity index (χ3n) is 4.03. The Labute approximate surface area is 164 Å². The number of hydrogen-bond acceptors (Lipinski definition) is 4. The molecule has 0 saturated carbocycles. The molecule has 5 nitrogen and oxygen atoms in total. The van der Waals surface area contributed by atoms with Crippen molar-refractivity contribution in [3.05, 3.63) is 45.2 Å². The van der Waals surface area contributed by atoms with Crippen molar-refractivity contribution in [1.29, 1.82) is 0 Å². The number of sulfonamides is 1. The Hall–Kier alpha value is -0.930. The van der Waals surface area contributed by atoms with Gasteiger partial charge in [0.15, 0.2) is 0 Å². The highest BCUT2D eigenvalue weighted by Gasteiger charge is 2.33. The van der Waals surface area contributed by atoms with Gasteiger partial charge in [0.2, 0.25) is 5.91 Å². The van der Waals surface area contributed by atoms with Gasteiger partial charge in [0.25, 0.3) is 10.0 Å². The topological polar surface area (TPSA) is 66.5 Å². The van der Waals surface area contributed by atoms with Crippen molar-refractivity contribution in [3.63, 3.8) is 0 Å². The molecule has 0 unspecified atom stereocenters. The number of carbonyl (C=O) groups is 1. The Kier molecular flexibility index (Phi) is 5.85. The summed E-state index contributed by atoms with van der Waals surface area (Å²) in [7, 11) is -3.53. The largest absolute Gasteiger partial charge is 0.324 e. The summed E-state index contributed by atoms with van der Waals surface area (Å²) in [5, 5.41) is 4.97. The highest BCUT2D eigenvalue weighted by molar-refractivity contribution is 9.10. The molecule has 1 aromatic carbocycles. The van der Waals surface area contributed by atoms with Crippen LogP contribution in [0.2, 0.25) is 5.02 Å². The van der Waals surface area contributed by atoms with Crippen molar-refractivity contribution in [3.8, 4) is 0 Å². The number of nitrogens with one attached hydrogen (secondary N) is 1. The highest BCUT2D eigenvalue weighted by atomic mass is 79.9. The van der Waals surface area contributed by atoms with Gasteiger partial charge in [-0.2, -0.15) is 4.31 Å². The van der Waals surface area contributed by atoms with Crippen LogP contribution in [0, 0.1) is 5.92 Å². The van der Waals surface area contributed by atoms with Crippen LogP contribution in [0.15, 0.2) is 44.4 Å². The molecule has 0 aliphatic carbocycles. The van der Waals surface area contributed by atoms with E-state index in [1.807, 2.05) is 0 Å². The average molecular weight is 464 g/mol. The lowest BCUT2D eigenvalue weighted by Crippen LogP contribution is -2.43. The van der Waals surface area contributed by atoms with E-state index in [2.05, 4.69) is 21.2 Å². The van der Waals surface area contributed by atoms with Gasteiger partial charge in [-0.25, -0.2) is 8.42 Å². The maximum absolute atomic E-state index is 12.6. The smallest absolute Gasteiger partial charge is 0.252 e. The van der Waals surface area contributed by atoms with Gasteiger partial charge in [0.05, 0.1) is 16.6 Å². The van der Waals surface area contributed by atoms with Gasteiger partial charge in [0.1, 0.15) is 4.21 Å². The number of hydrogen-bond donors (Lipinski definition) is 1. The number of carbonyl (C=O) groups excluding carboxylic acids is 1. The van der Waals surface area contributed by atoms with E-state index in [-0.39, 0.29) is 12.5 Å². The standard InChI is InChI=1S/C16H16BrClN2O3S2/c17-12-5-6-14(13(18)9-12)19-16(21)11-3-1-7-20(10-11)25(22,23)15-4-2-8-24-15/h2,4-6,8-9,11H,1,3,7,10H2,(H,19,21)/t11-/m0/s1. The second-order valence-electron chi connectivity index (χ2n) is 5.75. The lowest BCUT2D eigenvalue weighted by atomic mass is 9.99. The number of amides is 1. The van der Waals surface area contributed by atoms with E-state index >= 15 is 0 Å². The van der Waals surface area contributed by atoms with E-state index < -0.39 is 15.9 Å². The van der Waals surface area contributed by atoms with E-state index in [0.29, 0.717) is 34.3 Å². The zero-order valence-electron chi connectivity index (χ0n) is 13.1. The molecular weight excluding hydrogens is 448 g/mol. The third kappa shape index (κ3) is 4.25. The number of nitrogens with zero attached hydrogens (tertiary/aromatic N) is 1. The van der Waals surface area contributed by atoms with Crippen molar-refractivity contribution in [2.24, 2.45) is 5.92 Å². The van der Waals surface area contributed by atoms with Crippen molar-refractivity contribution >= 4 is 60.5 Å². The summed E-state index contributed by atoms with van der Waals surface area (Å²) in [6, 6.07) is 8.50. The molecule has 2 aromatic rings. The van der Waals surface area contributed by atoms with Gasteiger partial charge in [-0.3, -0.25) is 4.79 Å². The first-order valence-electron chi connectivity index (χ1n) is 7.67. The summed E-state index contributed by atoms with van der Waals surface area (Å²) < 4.78 is 27.8. The van der Waals surface area contributed by atoms with Crippen LogP contribution in [-0.2, 0) is 14.8 Å². The van der Waals surface area contributed by atoms with Gasteiger partial charge in [-0.05, 0) is 42.5 Å². The van der Waals surface area contributed by atoms with Crippen LogP contribution in [-0.4, -0.2) is 31.7 Å². The molecule has 1 amide bonds. The Morgan fingerprint density at radius 3 is 2.84 bits per heavy atom. The molecule has 1 N–H and O–H groups in total. The molecule has 0 bridgehead atoms. The maximum atomic E-state index is 12.6. The number of halogens is 2. The normalized spacial score (nSPS) is 18.9. The van der Waals surface area contributed by atoms with Crippen LogP contribution in [0.4, 0.5) is 5.69 Å². The van der Waals surface area contributed by atoms with Gasteiger partial charge >= 0.3 is 0 Å². The van der Waals surface area contributed by atoms with Gasteiger partial charge in [0, 0.05) is 17.6 Å². The minimum absolute atomic E-state index is 0.181. The number of piperidine rings is 1. The first-order valence-corrected chi connectivity index (χ1v) is 11.2. The molecule has 9 heteroatoms. The molecule has 0 spiro atoms. The molecular formula is C16H16BrClN2O3S2. The zero-order chi connectivity index (χ0) is 18.0. The van der Waals surface area contributed by atoms with Crippen LogP contribution < -0.4 is 5.32 Å². The SMILES string of the molecule is O=C(Nc1ccc(Br)cc1Cl)[C@H]1CCCN(S(=O)(=O)c2cccs2)C1. The van der Waals surface area contributed by atoms with Gasteiger partial charge in [-0.1, -0.05) is 33.6 Å². The molecule has 1 saturated heterocycles. The fourth-order valence-electron chi connectivity index (χ4n) is 2.74. The Morgan fingerprint density at radius 1 is 1.36 bits per heavy atom. The lowest BCUT2D eigenvalue weighted by molar-refractivity contribution is -0.120. The van der Waals surface area contributed by atoms with E-state index in [4.69, 9.17) is 11.6 Å². The first-order chi connectivity index (χ1) is 11.9. The summed E-state index contributed by atoms with van der Waals surface area (Å²) in [5.74, 6) is -0.612. The van der Waals surface area contributed by atoms with Crippen LogP contribution in [0.3, 0.4) is 0 Å². The van der Waals surface area contributed by atoms with Crippen molar-refractivity contribution in [2.75, 3.05) is 18.4 Å². The van der Waals surface area contributed by atoms with Crippen LogP contribution in [0.1, 0.15) is 12.8 Å². The molecule has 1 aromatic heterocycles. The van der Waals surface area contributed by atoms with E-state index in [9.17, 15) is 13.2 Å². The number of benzene rings is 1. The first kappa shape index (κ1) is 18.8. The molecule has 1 aliphatic rings. The quantitative estimate of drug-likeness (QED) is 0.739. The van der Waals surface area contributed by atoms with Crippen molar-refractivity contribution in [2.45, 2.75) is 17.1 Å². The summed E-state index contributed by atoms with van der Waals surface area (Å²) in [5.41, 5.74) is 0.521. The monoisotopic (exact) mass is 462 g/mol. The summed E-state index contributed by atoms with van der Waals surface area (Å²) >= 11 is 10.6. The molecule has 0 radical (unpaired) electrons. The fourth-order valence-corrected chi connectivity index (χ4v) is 6.13. The van der Waals surface area contributed by atoms with Gasteiger partial charge in [-0.15, -0.1) is 11.3 Å². The average Bonchev–Trinajstić information content (AvgIpc) is 3.13. The van der Waals surface area contributed by atoms with Crippen LogP contribution in [0.25, 0.3) is 0 Å². The number of thiophene rings is 1. The molecule has 2 heterocycles. The summed E-state index contributed by atoms with van der Waals surface area (Å²) in [6.07, 6.45) is 1.30. The third-order valence-corrected chi connectivity index (χ3v) is 8.08. The lowest BCUT2D eigenvalue weighted by Gasteiger charge is -2.30. The van der Waals surface area contributed by atoms with Crippen LogP contribution >= 0.6 is 38.9 Å². The predicted molar refractivity (Wildman–Crippen MR) is 104 cm³/mol. The molecule has 1 aliphatic heterocycles. The fraction of sp³-hybridized carbons (Fsp3) is 0.312. The highest BCUT2D eigenvalue weighted by Crippen LogP contribution is 2.29. The predicted octanol–water partition coefficient (Wildman–Crippen LogP) is 4.20. The van der Waals surface area contributed by atoms with E-state index in [1.54, 1.807) is 35.7 Å². The Balaban J connectivity index is 1.72. The molecule has 3 rings (SSSR count). The summed E-state index contributed by atoms with van der Waals surface area (Å²) in [4.78, 5) is 12.6. The summed E-state index contributed by atoms with van der Waals surface area (Å²) in [6.45, 7) is 0.614. The molecule has 134 valence electrons. The minimum Gasteiger partial charge on any atom is -0.324 e. The minimum atomic E-state index is -3.53. The van der Waals surface area contributed by atoms with Crippen molar-refractivity contribution < 1.29 is 13.2 Å². The maximum Gasteiger partial charge on any atom is 0.252 e. The van der Waals surface area contributed by atoms with E-state index in [1.165, 1.54) is 15.6 Å². The Morgan fingerprint density at radius 2 is 2.16 bits per heavy atom. The zero-order valence-corrected chi connectivity index (χ0v) is 17.1. The molecule has 25 heavy (non-hydrogen) atoms. The van der Waals surface area contributed by atoms with Crippen LogP contribution in [0.5, 0.6) is 0 Å².